The Balaban J connectivity index is 1.83. The van der Waals surface area contributed by atoms with E-state index in [1.54, 1.807) is 48.5 Å². The van der Waals surface area contributed by atoms with Crippen molar-refractivity contribution in [2.24, 2.45) is 0 Å². The normalized spacial score (nSPS) is 11.4. The Morgan fingerprint density at radius 3 is 2.40 bits per heavy atom. The standard InChI is InChI=1S/C21H19F3N2O3S/c1-28-18-9-8-15(10-19(18)29-2)17(27)12-30-20-25-11-16(14-6-4-3-5-7-14)26(20)13-21(22,23)24/h3-11H,12-13H2,1-2H3. The van der Waals surface area contributed by atoms with Gasteiger partial charge in [0.2, 0.25) is 0 Å². The van der Waals surface area contributed by atoms with E-state index in [9.17, 15) is 18.0 Å². The van der Waals surface area contributed by atoms with Gasteiger partial charge in [-0.05, 0) is 23.8 Å². The summed E-state index contributed by atoms with van der Waals surface area (Å²) < 4.78 is 50.9. The van der Waals surface area contributed by atoms with Gasteiger partial charge in [-0.1, -0.05) is 42.1 Å². The van der Waals surface area contributed by atoms with Crippen molar-refractivity contribution in [3.63, 3.8) is 0 Å². The number of aromatic nitrogens is 2. The summed E-state index contributed by atoms with van der Waals surface area (Å²) in [6.45, 7) is -1.19. The Hall–Kier alpha value is -2.94. The van der Waals surface area contributed by atoms with Crippen molar-refractivity contribution < 1.29 is 27.4 Å². The molecule has 0 atom stereocenters. The minimum atomic E-state index is -4.42. The van der Waals surface area contributed by atoms with E-state index in [2.05, 4.69) is 4.98 Å². The number of rotatable bonds is 8. The smallest absolute Gasteiger partial charge is 0.406 e. The lowest BCUT2D eigenvalue weighted by atomic mass is 10.1. The Morgan fingerprint density at radius 1 is 1.07 bits per heavy atom. The quantitative estimate of drug-likeness (QED) is 0.363. The molecule has 3 aromatic rings. The van der Waals surface area contributed by atoms with E-state index in [-0.39, 0.29) is 16.7 Å². The van der Waals surface area contributed by atoms with Crippen molar-refractivity contribution in [3.8, 4) is 22.8 Å². The highest BCUT2D eigenvalue weighted by Crippen LogP contribution is 2.31. The van der Waals surface area contributed by atoms with Crippen LogP contribution in [0.15, 0.2) is 59.9 Å². The number of hydrogen-bond donors (Lipinski definition) is 0. The molecule has 5 nitrogen and oxygen atoms in total. The largest absolute Gasteiger partial charge is 0.493 e. The van der Waals surface area contributed by atoms with Crippen molar-refractivity contribution in [1.82, 2.24) is 9.55 Å². The van der Waals surface area contributed by atoms with Crippen molar-refractivity contribution in [2.45, 2.75) is 17.9 Å². The van der Waals surface area contributed by atoms with Gasteiger partial charge in [0.05, 0.1) is 31.9 Å². The first-order chi connectivity index (χ1) is 14.3. The first-order valence-electron chi connectivity index (χ1n) is 8.88. The Labute approximate surface area is 175 Å². The highest BCUT2D eigenvalue weighted by Gasteiger charge is 2.31. The molecule has 0 aliphatic carbocycles. The van der Waals surface area contributed by atoms with Gasteiger partial charge in [-0.15, -0.1) is 0 Å². The number of carbonyl (C=O) groups is 1. The fourth-order valence-corrected chi connectivity index (χ4v) is 3.74. The minimum absolute atomic E-state index is 0.0708. The number of alkyl halides is 3. The summed E-state index contributed by atoms with van der Waals surface area (Å²) in [6.07, 6.45) is -3.03. The van der Waals surface area contributed by atoms with Gasteiger partial charge in [-0.25, -0.2) is 4.98 Å². The van der Waals surface area contributed by atoms with E-state index in [4.69, 9.17) is 9.47 Å². The number of ketones is 1. The highest BCUT2D eigenvalue weighted by molar-refractivity contribution is 7.99. The Kier molecular flexibility index (Phi) is 6.71. The Bertz CT molecular complexity index is 1020. The molecule has 0 amide bonds. The summed E-state index contributed by atoms with van der Waals surface area (Å²) in [5.74, 6) is 0.551. The number of imidazole rings is 1. The summed E-state index contributed by atoms with van der Waals surface area (Å²) in [4.78, 5) is 16.7. The number of hydrogen-bond acceptors (Lipinski definition) is 5. The van der Waals surface area contributed by atoms with Crippen LogP contribution < -0.4 is 9.47 Å². The number of methoxy groups -OCH3 is 2. The molecule has 30 heavy (non-hydrogen) atoms. The molecule has 0 spiro atoms. The molecular weight excluding hydrogens is 417 g/mol. The van der Waals surface area contributed by atoms with E-state index in [1.807, 2.05) is 0 Å². The van der Waals surface area contributed by atoms with Crippen LogP contribution in [-0.4, -0.2) is 41.5 Å². The molecule has 0 radical (unpaired) electrons. The van der Waals surface area contributed by atoms with Gasteiger partial charge in [0, 0.05) is 5.56 Å². The molecule has 3 rings (SSSR count). The van der Waals surface area contributed by atoms with Gasteiger partial charge in [-0.2, -0.15) is 13.2 Å². The number of nitrogens with zero attached hydrogens (tertiary/aromatic N) is 2. The second kappa shape index (κ2) is 9.25. The second-order valence-corrected chi connectivity index (χ2v) is 7.22. The van der Waals surface area contributed by atoms with Gasteiger partial charge in [0.15, 0.2) is 22.4 Å². The minimum Gasteiger partial charge on any atom is -0.493 e. The topological polar surface area (TPSA) is 53.3 Å². The second-order valence-electron chi connectivity index (χ2n) is 6.27. The molecule has 9 heteroatoms. The lowest BCUT2D eigenvalue weighted by Gasteiger charge is -2.14. The molecule has 0 unspecified atom stereocenters. The fraction of sp³-hybridized carbons (Fsp3) is 0.238. The van der Waals surface area contributed by atoms with Crippen molar-refractivity contribution in [2.75, 3.05) is 20.0 Å². The van der Waals surface area contributed by atoms with E-state index in [0.717, 1.165) is 16.3 Å². The van der Waals surface area contributed by atoms with E-state index in [1.165, 1.54) is 20.4 Å². The maximum atomic E-state index is 13.2. The van der Waals surface area contributed by atoms with Crippen LogP contribution in [0.1, 0.15) is 10.4 Å². The van der Waals surface area contributed by atoms with E-state index >= 15 is 0 Å². The first kappa shape index (κ1) is 21.8. The van der Waals surface area contributed by atoms with Crippen LogP contribution in [-0.2, 0) is 6.54 Å². The first-order valence-corrected chi connectivity index (χ1v) is 9.86. The molecule has 0 saturated carbocycles. The van der Waals surface area contributed by atoms with Crippen molar-refractivity contribution >= 4 is 17.5 Å². The molecule has 0 N–H and O–H groups in total. The maximum absolute atomic E-state index is 13.2. The molecule has 0 bridgehead atoms. The lowest BCUT2D eigenvalue weighted by molar-refractivity contribution is -0.141. The zero-order valence-corrected chi connectivity index (χ0v) is 17.1. The van der Waals surface area contributed by atoms with Crippen LogP contribution in [0.3, 0.4) is 0 Å². The Morgan fingerprint density at radius 2 is 1.77 bits per heavy atom. The number of thioether (sulfide) groups is 1. The average Bonchev–Trinajstić information content (AvgIpc) is 3.12. The number of ether oxygens (including phenoxy) is 2. The fourth-order valence-electron chi connectivity index (χ4n) is 2.87. The van der Waals surface area contributed by atoms with E-state index in [0.29, 0.717) is 28.3 Å². The van der Waals surface area contributed by atoms with Crippen molar-refractivity contribution in [3.05, 3.63) is 60.3 Å². The summed E-state index contributed by atoms with van der Waals surface area (Å²) in [5, 5.41) is 0.125. The summed E-state index contributed by atoms with van der Waals surface area (Å²) in [7, 11) is 2.94. The maximum Gasteiger partial charge on any atom is 0.406 e. The molecule has 0 aliphatic rings. The van der Waals surface area contributed by atoms with Crippen LogP contribution >= 0.6 is 11.8 Å². The lowest BCUT2D eigenvalue weighted by Crippen LogP contribution is -2.19. The molecule has 1 aromatic heterocycles. The van der Waals surface area contributed by atoms with Crippen LogP contribution in [0.2, 0.25) is 0 Å². The average molecular weight is 436 g/mol. The zero-order chi connectivity index (χ0) is 21.7. The summed E-state index contributed by atoms with van der Waals surface area (Å²) in [5.41, 5.74) is 1.33. The van der Waals surface area contributed by atoms with Gasteiger partial charge in [0.1, 0.15) is 6.54 Å². The van der Waals surface area contributed by atoms with Gasteiger partial charge in [-0.3, -0.25) is 4.79 Å². The molecule has 1 heterocycles. The highest BCUT2D eigenvalue weighted by atomic mass is 32.2. The number of carbonyl (C=O) groups excluding carboxylic acids is 1. The molecular formula is C21H19F3N2O3S. The third-order valence-electron chi connectivity index (χ3n) is 4.26. The van der Waals surface area contributed by atoms with Crippen LogP contribution in [0.25, 0.3) is 11.3 Å². The van der Waals surface area contributed by atoms with Gasteiger partial charge < -0.3 is 14.0 Å². The van der Waals surface area contributed by atoms with Crippen LogP contribution in [0, 0.1) is 0 Å². The predicted molar refractivity (Wildman–Crippen MR) is 108 cm³/mol. The monoisotopic (exact) mass is 436 g/mol. The molecule has 0 aliphatic heterocycles. The molecule has 2 aromatic carbocycles. The predicted octanol–water partition coefficient (Wildman–Crippen LogP) is 5.10. The summed E-state index contributed by atoms with van der Waals surface area (Å²) in [6, 6.07) is 13.4. The molecule has 158 valence electrons. The van der Waals surface area contributed by atoms with Gasteiger partial charge in [0.25, 0.3) is 0 Å². The SMILES string of the molecule is COc1ccc(C(=O)CSc2ncc(-c3ccccc3)n2CC(F)(F)F)cc1OC. The van der Waals surface area contributed by atoms with E-state index < -0.39 is 12.7 Å². The number of benzene rings is 2. The number of Topliss-reactive ketones (excluding diaryl/α,β-unsaturated/α-hetero) is 1. The van der Waals surface area contributed by atoms with Gasteiger partial charge >= 0.3 is 6.18 Å². The molecule has 0 saturated heterocycles. The molecule has 0 fully saturated rings. The third kappa shape index (κ3) is 5.15. The van der Waals surface area contributed by atoms with Crippen LogP contribution in [0.4, 0.5) is 13.2 Å². The zero-order valence-electron chi connectivity index (χ0n) is 16.3. The third-order valence-corrected chi connectivity index (χ3v) is 5.25. The number of halogens is 3. The van der Waals surface area contributed by atoms with Crippen molar-refractivity contribution in [1.29, 1.82) is 0 Å². The van der Waals surface area contributed by atoms with Crippen LogP contribution in [0.5, 0.6) is 11.5 Å². The summed E-state index contributed by atoms with van der Waals surface area (Å²) >= 11 is 0.960.